The molecule has 2 heterocycles. The van der Waals surface area contributed by atoms with E-state index in [1.807, 2.05) is 35.6 Å². The molecule has 0 radical (unpaired) electrons. The minimum atomic E-state index is 0.0882. The number of benzene rings is 3. The zero-order valence-corrected chi connectivity index (χ0v) is 20.1. The lowest BCUT2D eigenvalue weighted by Gasteiger charge is -2.34. The summed E-state index contributed by atoms with van der Waals surface area (Å²) >= 11 is 1.81. The second-order valence-electron chi connectivity index (χ2n) is 8.87. The number of aryl methyl sites for hydroxylation is 2. The first-order chi connectivity index (χ1) is 16.1. The molecule has 1 aromatic heterocycles. The molecule has 1 aliphatic rings. The lowest BCUT2D eigenvalue weighted by molar-refractivity contribution is -0.120. The minimum Gasteiger partial charge on any atom is -0.355 e. The molecule has 170 valence electrons. The van der Waals surface area contributed by atoms with Gasteiger partial charge in [-0.05, 0) is 41.3 Å². The number of hydrogen-bond donors (Lipinski definition) is 1. The van der Waals surface area contributed by atoms with Gasteiger partial charge in [-0.1, -0.05) is 65.9 Å². The predicted octanol–water partition coefficient (Wildman–Crippen LogP) is 4.55. The Morgan fingerprint density at radius 1 is 0.970 bits per heavy atom. The van der Waals surface area contributed by atoms with Crippen molar-refractivity contribution in [3.8, 4) is 0 Å². The molecule has 33 heavy (non-hydrogen) atoms. The van der Waals surface area contributed by atoms with Crippen LogP contribution in [0.1, 0.15) is 16.7 Å². The Morgan fingerprint density at radius 2 is 1.73 bits per heavy atom. The van der Waals surface area contributed by atoms with Crippen molar-refractivity contribution in [2.45, 2.75) is 20.3 Å². The van der Waals surface area contributed by atoms with E-state index in [0.717, 1.165) is 54.3 Å². The predicted molar refractivity (Wildman–Crippen MR) is 138 cm³/mol. The summed E-state index contributed by atoms with van der Waals surface area (Å²) < 4.78 is 1.31. The standard InChI is InChI=1S/C27H30N4OS/c1-19-10-11-20(2)26-25(19)29-27(33-26)31-16-14-30(15-17-31)13-12-28-24(32)18-22-8-5-7-21-6-3-4-9-23(21)22/h3-11H,12-18H2,1-2H3,(H,28,32). The number of hydrogen-bond acceptors (Lipinski definition) is 5. The molecular weight excluding hydrogens is 428 g/mol. The van der Waals surface area contributed by atoms with Crippen LogP contribution < -0.4 is 10.2 Å². The van der Waals surface area contributed by atoms with Gasteiger partial charge in [0.1, 0.15) is 0 Å². The van der Waals surface area contributed by atoms with Crippen molar-refractivity contribution >= 4 is 43.4 Å². The highest BCUT2D eigenvalue weighted by Crippen LogP contribution is 2.33. The smallest absolute Gasteiger partial charge is 0.224 e. The summed E-state index contributed by atoms with van der Waals surface area (Å²) in [6, 6.07) is 18.8. The summed E-state index contributed by atoms with van der Waals surface area (Å²) in [4.78, 5) is 22.3. The maximum Gasteiger partial charge on any atom is 0.224 e. The summed E-state index contributed by atoms with van der Waals surface area (Å²) in [5, 5.41) is 6.58. The Kier molecular flexibility index (Phi) is 6.29. The number of carbonyl (C=O) groups is 1. The maximum atomic E-state index is 12.5. The average Bonchev–Trinajstić information content (AvgIpc) is 3.29. The summed E-state index contributed by atoms with van der Waals surface area (Å²) in [5.74, 6) is 0.0882. The van der Waals surface area contributed by atoms with E-state index in [0.29, 0.717) is 13.0 Å². The molecule has 0 bridgehead atoms. The summed E-state index contributed by atoms with van der Waals surface area (Å²) in [5.41, 5.74) is 4.78. The fourth-order valence-electron chi connectivity index (χ4n) is 4.58. The van der Waals surface area contributed by atoms with Gasteiger partial charge in [0.15, 0.2) is 5.13 Å². The molecular formula is C27H30N4OS. The van der Waals surface area contributed by atoms with Gasteiger partial charge in [0.05, 0.1) is 16.6 Å². The number of aromatic nitrogens is 1. The second-order valence-corrected chi connectivity index (χ2v) is 9.84. The molecule has 4 aromatic rings. The van der Waals surface area contributed by atoms with Crippen LogP contribution in [0.4, 0.5) is 5.13 Å². The number of nitrogens with zero attached hydrogens (tertiary/aromatic N) is 3. The molecule has 3 aromatic carbocycles. The number of fused-ring (bicyclic) bond motifs is 2. The molecule has 1 amide bonds. The third kappa shape index (κ3) is 4.72. The number of anilines is 1. The van der Waals surface area contributed by atoms with Crippen molar-refractivity contribution in [3.05, 3.63) is 71.3 Å². The Labute approximate surface area is 199 Å². The van der Waals surface area contributed by atoms with Gasteiger partial charge >= 0.3 is 0 Å². The Bertz CT molecular complexity index is 1250. The minimum absolute atomic E-state index is 0.0882. The van der Waals surface area contributed by atoms with E-state index in [9.17, 15) is 4.79 Å². The van der Waals surface area contributed by atoms with E-state index in [4.69, 9.17) is 4.98 Å². The summed E-state index contributed by atoms with van der Waals surface area (Å²) in [6.45, 7) is 9.80. The average molecular weight is 459 g/mol. The number of amides is 1. The van der Waals surface area contributed by atoms with Gasteiger partial charge in [0.25, 0.3) is 0 Å². The van der Waals surface area contributed by atoms with Gasteiger partial charge < -0.3 is 10.2 Å². The van der Waals surface area contributed by atoms with E-state index in [1.54, 1.807) is 0 Å². The van der Waals surface area contributed by atoms with Crippen molar-refractivity contribution in [3.63, 3.8) is 0 Å². The van der Waals surface area contributed by atoms with Crippen LogP contribution in [0.3, 0.4) is 0 Å². The number of carbonyl (C=O) groups excluding carboxylic acids is 1. The molecule has 0 saturated carbocycles. The second kappa shape index (κ2) is 9.49. The van der Waals surface area contributed by atoms with Gasteiger partial charge in [0.2, 0.25) is 5.91 Å². The zero-order chi connectivity index (χ0) is 22.8. The van der Waals surface area contributed by atoms with E-state index < -0.39 is 0 Å². The largest absolute Gasteiger partial charge is 0.355 e. The van der Waals surface area contributed by atoms with Crippen LogP contribution in [0.2, 0.25) is 0 Å². The zero-order valence-electron chi connectivity index (χ0n) is 19.3. The van der Waals surface area contributed by atoms with Crippen molar-refractivity contribution in [1.82, 2.24) is 15.2 Å². The molecule has 0 aliphatic carbocycles. The van der Waals surface area contributed by atoms with Gasteiger partial charge in [-0.15, -0.1) is 0 Å². The SMILES string of the molecule is Cc1ccc(C)c2sc(N3CCN(CCNC(=O)Cc4cccc5ccccc45)CC3)nc12. The lowest BCUT2D eigenvalue weighted by atomic mass is 10.0. The lowest BCUT2D eigenvalue weighted by Crippen LogP contribution is -2.48. The Morgan fingerprint density at radius 3 is 2.55 bits per heavy atom. The molecule has 5 nitrogen and oxygen atoms in total. The highest BCUT2D eigenvalue weighted by atomic mass is 32.1. The fourth-order valence-corrected chi connectivity index (χ4v) is 5.75. The van der Waals surface area contributed by atoms with E-state index in [1.165, 1.54) is 21.2 Å². The van der Waals surface area contributed by atoms with E-state index >= 15 is 0 Å². The normalized spacial score (nSPS) is 14.8. The topological polar surface area (TPSA) is 48.5 Å². The molecule has 6 heteroatoms. The maximum absolute atomic E-state index is 12.5. The Balaban J connectivity index is 1.11. The molecule has 1 fully saturated rings. The van der Waals surface area contributed by atoms with Crippen molar-refractivity contribution < 1.29 is 4.79 Å². The van der Waals surface area contributed by atoms with Crippen molar-refractivity contribution in [1.29, 1.82) is 0 Å². The van der Waals surface area contributed by atoms with E-state index in [-0.39, 0.29) is 5.91 Å². The van der Waals surface area contributed by atoms with Crippen LogP contribution in [0, 0.1) is 13.8 Å². The van der Waals surface area contributed by atoms with Crippen LogP contribution in [0.15, 0.2) is 54.6 Å². The molecule has 1 saturated heterocycles. The van der Waals surface area contributed by atoms with Crippen molar-refractivity contribution in [2.24, 2.45) is 0 Å². The van der Waals surface area contributed by atoms with Crippen LogP contribution in [0.5, 0.6) is 0 Å². The third-order valence-corrected chi connectivity index (χ3v) is 7.81. The molecule has 5 rings (SSSR count). The number of nitrogens with one attached hydrogen (secondary N) is 1. The Hall–Kier alpha value is -2.96. The number of rotatable bonds is 6. The first-order valence-electron chi connectivity index (χ1n) is 11.7. The molecule has 0 spiro atoms. The summed E-state index contributed by atoms with van der Waals surface area (Å²) in [6.07, 6.45) is 0.422. The quantitative estimate of drug-likeness (QED) is 0.461. The van der Waals surface area contributed by atoms with Gasteiger partial charge in [0, 0.05) is 39.3 Å². The highest BCUT2D eigenvalue weighted by Gasteiger charge is 2.20. The van der Waals surface area contributed by atoms with Gasteiger partial charge in [-0.3, -0.25) is 9.69 Å². The number of piperazine rings is 1. The van der Waals surface area contributed by atoms with Crippen LogP contribution >= 0.6 is 11.3 Å². The number of thiazole rings is 1. The third-order valence-electron chi connectivity index (χ3n) is 6.55. The van der Waals surface area contributed by atoms with Gasteiger partial charge in [-0.25, -0.2) is 4.98 Å². The molecule has 0 unspecified atom stereocenters. The van der Waals surface area contributed by atoms with Crippen LogP contribution in [-0.4, -0.2) is 55.1 Å². The first-order valence-corrected chi connectivity index (χ1v) is 12.5. The summed E-state index contributed by atoms with van der Waals surface area (Å²) in [7, 11) is 0. The van der Waals surface area contributed by atoms with Crippen molar-refractivity contribution in [2.75, 3.05) is 44.2 Å². The molecule has 1 N–H and O–H groups in total. The van der Waals surface area contributed by atoms with Crippen LogP contribution in [0.25, 0.3) is 21.0 Å². The van der Waals surface area contributed by atoms with Gasteiger partial charge in [-0.2, -0.15) is 0 Å². The molecule has 0 atom stereocenters. The highest BCUT2D eigenvalue weighted by molar-refractivity contribution is 7.22. The van der Waals surface area contributed by atoms with Crippen LogP contribution in [-0.2, 0) is 11.2 Å². The molecule has 1 aliphatic heterocycles. The first kappa shape index (κ1) is 21.9. The fraction of sp³-hybridized carbons (Fsp3) is 0.333. The monoisotopic (exact) mass is 458 g/mol. The van der Waals surface area contributed by atoms with E-state index in [2.05, 4.69) is 59.3 Å².